The van der Waals surface area contributed by atoms with Crippen LogP contribution in [0.1, 0.15) is 15.9 Å². The number of amides is 1. The summed E-state index contributed by atoms with van der Waals surface area (Å²) in [7, 11) is 0. The van der Waals surface area contributed by atoms with Crippen molar-refractivity contribution in [1.29, 1.82) is 0 Å². The van der Waals surface area contributed by atoms with E-state index in [0.717, 1.165) is 25.2 Å². The van der Waals surface area contributed by atoms with Gasteiger partial charge in [-0.1, -0.05) is 6.07 Å². The van der Waals surface area contributed by atoms with Crippen LogP contribution >= 0.6 is 12.4 Å². The Labute approximate surface area is 120 Å². The highest BCUT2D eigenvalue weighted by atomic mass is 35.5. The largest absolute Gasteiger partial charge is 0.416 e. The van der Waals surface area contributed by atoms with Crippen molar-refractivity contribution in [3.63, 3.8) is 0 Å². The van der Waals surface area contributed by atoms with E-state index in [4.69, 9.17) is 0 Å². The molecule has 110 valence electrons. The Bertz CT molecular complexity index is 511. The number of alkyl halides is 3. The minimum atomic E-state index is -4.42. The van der Waals surface area contributed by atoms with Crippen molar-refractivity contribution in [1.82, 2.24) is 10.6 Å². The highest BCUT2D eigenvalue weighted by Crippen LogP contribution is 2.41. The van der Waals surface area contributed by atoms with Crippen LogP contribution in [0.25, 0.3) is 0 Å². The van der Waals surface area contributed by atoms with Crippen LogP contribution in [0.5, 0.6) is 0 Å². The van der Waals surface area contributed by atoms with Gasteiger partial charge in [-0.3, -0.25) is 4.79 Å². The molecule has 1 aromatic carbocycles. The molecule has 3 nitrogen and oxygen atoms in total. The van der Waals surface area contributed by atoms with Gasteiger partial charge in [-0.15, -0.1) is 12.4 Å². The fourth-order valence-electron chi connectivity index (χ4n) is 2.70. The first-order valence-corrected chi connectivity index (χ1v) is 6.15. The average Bonchev–Trinajstić information content (AvgIpc) is 2.81. The molecular weight excluding hydrogens is 293 g/mol. The van der Waals surface area contributed by atoms with Crippen LogP contribution in [0.15, 0.2) is 24.3 Å². The van der Waals surface area contributed by atoms with Crippen molar-refractivity contribution >= 4 is 18.3 Å². The lowest BCUT2D eigenvalue weighted by molar-refractivity contribution is -0.137. The van der Waals surface area contributed by atoms with Crippen LogP contribution in [0, 0.1) is 11.8 Å². The molecule has 0 bridgehead atoms. The maximum atomic E-state index is 12.6. The first-order valence-electron chi connectivity index (χ1n) is 6.15. The summed E-state index contributed by atoms with van der Waals surface area (Å²) in [6, 6.07) is 4.63. The number of rotatable bonds is 2. The second-order valence-corrected chi connectivity index (χ2v) is 5.06. The number of fused-ring (bicyclic) bond motifs is 1. The molecule has 1 aromatic rings. The second kappa shape index (κ2) is 5.26. The Morgan fingerprint density at radius 2 is 1.90 bits per heavy atom. The van der Waals surface area contributed by atoms with Gasteiger partial charge < -0.3 is 10.6 Å². The fraction of sp³-hybridized carbons (Fsp3) is 0.462. The lowest BCUT2D eigenvalue weighted by Crippen LogP contribution is -2.32. The van der Waals surface area contributed by atoms with Gasteiger partial charge in [-0.25, -0.2) is 0 Å². The monoisotopic (exact) mass is 306 g/mol. The quantitative estimate of drug-likeness (QED) is 0.878. The van der Waals surface area contributed by atoms with E-state index in [-0.39, 0.29) is 24.0 Å². The molecule has 2 unspecified atom stereocenters. The fourth-order valence-corrected chi connectivity index (χ4v) is 2.70. The minimum Gasteiger partial charge on any atom is -0.349 e. The number of halogens is 4. The summed E-state index contributed by atoms with van der Waals surface area (Å²) in [4.78, 5) is 11.9. The molecule has 1 aliphatic carbocycles. The Morgan fingerprint density at radius 1 is 1.25 bits per heavy atom. The van der Waals surface area contributed by atoms with Crippen LogP contribution in [0.3, 0.4) is 0 Å². The summed E-state index contributed by atoms with van der Waals surface area (Å²) < 4.78 is 37.7. The molecule has 2 fully saturated rings. The average molecular weight is 307 g/mol. The number of hydrogen-bond donors (Lipinski definition) is 2. The van der Waals surface area contributed by atoms with E-state index in [1.165, 1.54) is 12.1 Å². The van der Waals surface area contributed by atoms with Gasteiger partial charge in [-0.05, 0) is 30.0 Å². The molecule has 1 amide bonds. The maximum Gasteiger partial charge on any atom is 0.416 e. The highest BCUT2D eigenvalue weighted by Gasteiger charge is 2.53. The predicted molar refractivity (Wildman–Crippen MR) is 69.8 cm³/mol. The molecule has 0 aromatic heterocycles. The van der Waals surface area contributed by atoms with Crippen LogP contribution < -0.4 is 10.6 Å². The van der Waals surface area contributed by atoms with Gasteiger partial charge in [0.05, 0.1) is 5.56 Å². The summed E-state index contributed by atoms with van der Waals surface area (Å²) in [5.41, 5.74) is -0.731. The summed E-state index contributed by atoms with van der Waals surface area (Å²) in [6.45, 7) is 1.75. The van der Waals surface area contributed by atoms with Crippen molar-refractivity contribution in [2.24, 2.45) is 11.8 Å². The van der Waals surface area contributed by atoms with Crippen molar-refractivity contribution < 1.29 is 18.0 Å². The maximum absolute atomic E-state index is 12.6. The van der Waals surface area contributed by atoms with E-state index >= 15 is 0 Å². The predicted octanol–water partition coefficient (Wildman–Crippen LogP) is 2.07. The van der Waals surface area contributed by atoms with Gasteiger partial charge in [0.15, 0.2) is 0 Å². The number of benzene rings is 1. The van der Waals surface area contributed by atoms with Crippen LogP contribution in [-0.4, -0.2) is 25.0 Å². The Morgan fingerprint density at radius 3 is 2.50 bits per heavy atom. The lowest BCUT2D eigenvalue weighted by atomic mass is 10.1. The summed E-state index contributed by atoms with van der Waals surface area (Å²) >= 11 is 0. The smallest absolute Gasteiger partial charge is 0.349 e. The zero-order valence-electron chi connectivity index (χ0n) is 10.4. The van der Waals surface area contributed by atoms with Crippen molar-refractivity contribution in [3.05, 3.63) is 35.4 Å². The Kier molecular flexibility index (Phi) is 3.97. The third kappa shape index (κ3) is 2.76. The molecule has 2 N–H and O–H groups in total. The minimum absolute atomic E-state index is 0. The van der Waals surface area contributed by atoms with Crippen LogP contribution in [0.2, 0.25) is 0 Å². The van der Waals surface area contributed by atoms with Crippen molar-refractivity contribution in [3.8, 4) is 0 Å². The molecule has 1 saturated heterocycles. The zero-order chi connectivity index (χ0) is 13.6. The van der Waals surface area contributed by atoms with Gasteiger partial charge in [0.1, 0.15) is 0 Å². The number of nitrogens with one attached hydrogen (secondary N) is 2. The standard InChI is InChI=1S/C13H13F3N2O.ClH/c14-13(15,16)8-3-1-2-7(4-8)12(19)18-11-9-5-17-6-10(9)11;/h1-4,9-11,17H,5-6H2,(H,18,19);1H. The molecule has 1 aliphatic heterocycles. The second-order valence-electron chi connectivity index (χ2n) is 5.06. The van der Waals surface area contributed by atoms with Crippen molar-refractivity contribution in [2.75, 3.05) is 13.1 Å². The van der Waals surface area contributed by atoms with E-state index < -0.39 is 17.6 Å². The molecule has 0 radical (unpaired) electrons. The third-order valence-electron chi connectivity index (χ3n) is 3.84. The molecule has 3 rings (SSSR count). The van der Waals surface area contributed by atoms with Gasteiger partial charge in [0.2, 0.25) is 0 Å². The SMILES string of the molecule is Cl.O=C(NC1C2CNCC21)c1cccc(C(F)(F)F)c1. The summed E-state index contributed by atoms with van der Waals surface area (Å²) in [5, 5.41) is 6.00. The number of hydrogen-bond acceptors (Lipinski definition) is 2. The number of carbonyl (C=O) groups excluding carboxylic acids is 1. The first kappa shape index (κ1) is 15.1. The third-order valence-corrected chi connectivity index (χ3v) is 3.84. The van der Waals surface area contributed by atoms with E-state index in [1.54, 1.807) is 0 Å². The zero-order valence-corrected chi connectivity index (χ0v) is 11.2. The van der Waals surface area contributed by atoms with Crippen LogP contribution in [0.4, 0.5) is 13.2 Å². The molecule has 2 aliphatic rings. The first-order chi connectivity index (χ1) is 8.97. The van der Waals surface area contributed by atoms with Gasteiger partial charge >= 0.3 is 6.18 Å². The lowest BCUT2D eigenvalue weighted by Gasteiger charge is -2.10. The molecule has 20 heavy (non-hydrogen) atoms. The highest BCUT2D eigenvalue weighted by molar-refractivity contribution is 5.94. The van der Waals surface area contributed by atoms with Gasteiger partial charge in [0.25, 0.3) is 5.91 Å². The van der Waals surface area contributed by atoms with E-state index in [0.29, 0.717) is 11.8 Å². The van der Waals surface area contributed by atoms with Crippen molar-refractivity contribution in [2.45, 2.75) is 12.2 Å². The normalized spacial score (nSPS) is 27.4. The van der Waals surface area contributed by atoms with E-state index in [9.17, 15) is 18.0 Å². The Hall–Kier alpha value is -1.27. The number of piperidine rings is 1. The number of carbonyl (C=O) groups is 1. The van der Waals surface area contributed by atoms with Crippen LogP contribution in [-0.2, 0) is 6.18 Å². The van der Waals surface area contributed by atoms with E-state index in [2.05, 4.69) is 10.6 Å². The summed E-state index contributed by atoms with van der Waals surface area (Å²) in [6.07, 6.45) is -4.42. The van der Waals surface area contributed by atoms with E-state index in [1.807, 2.05) is 0 Å². The molecule has 1 saturated carbocycles. The van der Waals surface area contributed by atoms with Gasteiger partial charge in [0, 0.05) is 24.7 Å². The molecule has 0 spiro atoms. The Balaban J connectivity index is 0.00000147. The molecule has 7 heteroatoms. The summed E-state index contributed by atoms with van der Waals surface area (Å²) in [5.74, 6) is 0.454. The molecule has 2 atom stereocenters. The molecular formula is C13H14ClF3N2O. The van der Waals surface area contributed by atoms with Gasteiger partial charge in [-0.2, -0.15) is 13.2 Å². The topological polar surface area (TPSA) is 41.1 Å². The molecule has 1 heterocycles.